The number of hydrogen-bond acceptors (Lipinski definition) is 17. The summed E-state index contributed by atoms with van der Waals surface area (Å²) < 4.78 is 15.9. The second kappa shape index (κ2) is 11.8. The fraction of sp³-hybridized carbons (Fsp3) is 0.222. The third-order valence-electron chi connectivity index (χ3n) is 6.56. The molecule has 3 aromatic carbocycles. The van der Waals surface area contributed by atoms with Crippen molar-refractivity contribution >= 4 is 17.9 Å². The minimum absolute atomic E-state index is 0.541. The Kier molecular flexibility index (Phi) is 8.36. The lowest BCUT2D eigenvalue weighted by molar-refractivity contribution is -0.180. The molecule has 1 saturated carbocycles. The summed E-state index contributed by atoms with van der Waals surface area (Å²) >= 11 is 0. The number of aliphatic hydroxyl groups excluding tert-OH is 2. The van der Waals surface area contributed by atoms with Crippen molar-refractivity contribution in [2.75, 3.05) is 0 Å². The molecule has 0 aliphatic heterocycles. The van der Waals surface area contributed by atoms with Crippen molar-refractivity contribution in [3.8, 4) is 51.7 Å². The van der Waals surface area contributed by atoms with Gasteiger partial charge in [-0.05, 0) is 36.4 Å². The van der Waals surface area contributed by atoms with Crippen molar-refractivity contribution < 1.29 is 84.8 Å². The Morgan fingerprint density at radius 1 is 0.500 bits per heavy atom. The summed E-state index contributed by atoms with van der Waals surface area (Å²) in [5.74, 6) is -12.6. The predicted octanol–water partition coefficient (Wildman–Crippen LogP) is 0.139. The highest BCUT2D eigenvalue weighted by Gasteiger charge is 2.50. The number of aromatic hydroxyl groups is 9. The third-order valence-corrected chi connectivity index (χ3v) is 6.56. The predicted molar refractivity (Wildman–Crippen MR) is 139 cm³/mol. The largest absolute Gasteiger partial charge is 0.504 e. The van der Waals surface area contributed by atoms with E-state index in [9.17, 15) is 70.6 Å². The van der Waals surface area contributed by atoms with Gasteiger partial charge in [-0.2, -0.15) is 0 Å². The summed E-state index contributed by atoms with van der Waals surface area (Å²) in [4.78, 5) is 38.9. The average Bonchev–Trinajstić information content (AvgIpc) is 2.96. The first-order valence-corrected chi connectivity index (χ1v) is 12.3. The van der Waals surface area contributed by atoms with Gasteiger partial charge in [0.05, 0.1) is 22.8 Å². The van der Waals surface area contributed by atoms with Gasteiger partial charge in [-0.25, -0.2) is 14.4 Å². The summed E-state index contributed by atoms with van der Waals surface area (Å²) in [7, 11) is 0. The maximum absolute atomic E-state index is 13.0. The molecule has 1 aliphatic carbocycles. The zero-order valence-corrected chi connectivity index (χ0v) is 21.9. The minimum atomic E-state index is -2.06. The molecule has 0 saturated heterocycles. The molecule has 0 heterocycles. The number of rotatable bonds is 6. The molecule has 0 amide bonds. The lowest BCUT2D eigenvalue weighted by atomic mass is 9.86. The minimum Gasteiger partial charge on any atom is -0.504 e. The van der Waals surface area contributed by atoms with E-state index < -0.39 is 123 Å². The number of aliphatic hydroxyl groups is 2. The lowest BCUT2D eigenvalue weighted by Crippen LogP contribution is -2.59. The zero-order chi connectivity index (χ0) is 32.6. The summed E-state index contributed by atoms with van der Waals surface area (Å²) in [5, 5.41) is 109. The fourth-order valence-electron chi connectivity index (χ4n) is 4.29. The van der Waals surface area contributed by atoms with E-state index >= 15 is 0 Å². The highest BCUT2D eigenvalue weighted by molar-refractivity contribution is 5.93. The molecule has 3 aromatic rings. The van der Waals surface area contributed by atoms with E-state index in [2.05, 4.69) is 0 Å². The van der Waals surface area contributed by atoms with Gasteiger partial charge in [-0.3, -0.25) is 0 Å². The van der Waals surface area contributed by atoms with E-state index in [4.69, 9.17) is 14.2 Å². The monoisotopic (exact) mass is 620 g/mol. The van der Waals surface area contributed by atoms with E-state index in [-0.39, 0.29) is 0 Å². The first-order valence-electron chi connectivity index (χ1n) is 12.3. The Balaban J connectivity index is 1.71. The number of esters is 3. The molecule has 4 rings (SSSR count). The van der Waals surface area contributed by atoms with Gasteiger partial charge in [0.15, 0.2) is 64.0 Å². The SMILES string of the molecule is O=C(O[C@@H]1[C@@H](OC(=O)c2cc(O)c(O)c(O)c2)[C@H](O)[C@@H](O)C[C@H]1OC(=O)c1cc(O)c(O)c(O)c1)c1cc(O)c(O)c(O)c1. The van der Waals surface area contributed by atoms with Crippen LogP contribution in [0.25, 0.3) is 0 Å². The van der Waals surface area contributed by atoms with Crippen LogP contribution >= 0.6 is 0 Å². The topological polar surface area (TPSA) is 301 Å². The number of phenols is 9. The summed E-state index contributed by atoms with van der Waals surface area (Å²) in [6.45, 7) is 0. The highest BCUT2D eigenvalue weighted by atomic mass is 16.6. The number of ether oxygens (including phenoxy) is 3. The van der Waals surface area contributed by atoms with Crippen LogP contribution in [0.1, 0.15) is 37.5 Å². The van der Waals surface area contributed by atoms with Crippen LogP contribution in [-0.2, 0) is 14.2 Å². The van der Waals surface area contributed by atoms with Crippen LogP contribution in [-0.4, -0.2) is 105 Å². The molecule has 17 heteroatoms. The average molecular weight is 620 g/mol. The van der Waals surface area contributed by atoms with Crippen LogP contribution in [0.3, 0.4) is 0 Å². The lowest BCUT2D eigenvalue weighted by Gasteiger charge is -2.41. The van der Waals surface area contributed by atoms with Crippen molar-refractivity contribution in [2.24, 2.45) is 0 Å². The fourth-order valence-corrected chi connectivity index (χ4v) is 4.29. The van der Waals surface area contributed by atoms with Gasteiger partial charge in [-0.1, -0.05) is 0 Å². The van der Waals surface area contributed by atoms with Crippen molar-refractivity contribution in [1.82, 2.24) is 0 Å². The molecule has 234 valence electrons. The molecular weight excluding hydrogens is 596 g/mol. The Morgan fingerprint density at radius 2 is 0.795 bits per heavy atom. The van der Waals surface area contributed by atoms with Crippen LogP contribution in [0, 0.1) is 0 Å². The molecule has 0 radical (unpaired) electrons. The molecule has 0 aromatic heterocycles. The summed E-state index contributed by atoms with van der Waals surface area (Å²) in [5.41, 5.74) is -1.72. The van der Waals surface area contributed by atoms with Gasteiger partial charge >= 0.3 is 17.9 Å². The second-order valence-corrected chi connectivity index (χ2v) is 9.57. The van der Waals surface area contributed by atoms with Crippen LogP contribution < -0.4 is 0 Å². The van der Waals surface area contributed by atoms with Gasteiger partial charge in [0.1, 0.15) is 12.2 Å². The normalized spacial score (nSPS) is 21.3. The molecule has 44 heavy (non-hydrogen) atoms. The van der Waals surface area contributed by atoms with Crippen molar-refractivity contribution in [2.45, 2.75) is 36.9 Å². The number of phenolic OH excluding ortho intramolecular Hbond substituents is 9. The molecule has 0 unspecified atom stereocenters. The maximum Gasteiger partial charge on any atom is 0.338 e. The molecule has 0 spiro atoms. The number of hydrogen-bond donors (Lipinski definition) is 11. The Bertz CT molecular complexity index is 1560. The van der Waals surface area contributed by atoms with Crippen LogP contribution in [0.2, 0.25) is 0 Å². The van der Waals surface area contributed by atoms with E-state index in [1.807, 2.05) is 0 Å². The summed E-state index contributed by atoms with van der Waals surface area (Å²) in [6.07, 6.45) is -10.3. The molecular formula is C27H24O17. The summed E-state index contributed by atoms with van der Waals surface area (Å²) in [6, 6.07) is 4.11. The Hall–Kier alpha value is -5.81. The van der Waals surface area contributed by atoms with Crippen LogP contribution in [0.15, 0.2) is 36.4 Å². The van der Waals surface area contributed by atoms with Gasteiger partial charge in [0.25, 0.3) is 0 Å². The Morgan fingerprint density at radius 3 is 1.14 bits per heavy atom. The number of carbonyl (C=O) groups is 3. The molecule has 17 nitrogen and oxygen atoms in total. The Labute approximate surface area is 244 Å². The van der Waals surface area contributed by atoms with Crippen molar-refractivity contribution in [3.63, 3.8) is 0 Å². The molecule has 0 bridgehead atoms. The quantitative estimate of drug-likeness (QED) is 0.0991. The molecule has 5 atom stereocenters. The number of benzene rings is 3. The molecule has 1 fully saturated rings. The first kappa shape index (κ1) is 31.1. The van der Waals surface area contributed by atoms with Gasteiger partial charge in [0.2, 0.25) is 0 Å². The van der Waals surface area contributed by atoms with E-state index in [1.54, 1.807) is 0 Å². The van der Waals surface area contributed by atoms with Crippen molar-refractivity contribution in [3.05, 3.63) is 53.1 Å². The smallest absolute Gasteiger partial charge is 0.338 e. The highest BCUT2D eigenvalue weighted by Crippen LogP contribution is 2.39. The van der Waals surface area contributed by atoms with E-state index in [1.165, 1.54) is 0 Å². The first-order chi connectivity index (χ1) is 20.6. The number of carbonyl (C=O) groups excluding carboxylic acids is 3. The van der Waals surface area contributed by atoms with Crippen LogP contribution in [0.4, 0.5) is 0 Å². The zero-order valence-electron chi connectivity index (χ0n) is 21.9. The van der Waals surface area contributed by atoms with Crippen molar-refractivity contribution in [1.29, 1.82) is 0 Å². The van der Waals surface area contributed by atoms with Gasteiger partial charge < -0.3 is 70.4 Å². The standard InChI is InChI=1S/C27H24O17/c28-11-1-8(2-12(29)19(11)35)25(39)42-18-7-17(34)22(38)24(44-27(41)10-5-15(32)21(37)16(33)6-10)23(18)43-26(40)9-3-13(30)20(36)14(31)4-9/h1-6,17-18,22-24,28-38H,7H2/t17-,18+,22+,23-,24-/m0/s1. The third kappa shape index (κ3) is 6.03. The van der Waals surface area contributed by atoms with E-state index in [0.717, 1.165) is 0 Å². The van der Waals surface area contributed by atoms with Gasteiger partial charge in [-0.15, -0.1) is 0 Å². The van der Waals surface area contributed by atoms with Crippen LogP contribution in [0.5, 0.6) is 51.7 Å². The molecule has 11 N–H and O–H groups in total. The van der Waals surface area contributed by atoms with E-state index in [0.29, 0.717) is 36.4 Å². The molecule has 1 aliphatic rings. The van der Waals surface area contributed by atoms with Gasteiger partial charge in [0, 0.05) is 6.42 Å². The second-order valence-electron chi connectivity index (χ2n) is 9.57. The maximum atomic E-state index is 13.0.